The minimum absolute atomic E-state index is 0.116. The van der Waals surface area contributed by atoms with Crippen LogP contribution in [-0.4, -0.2) is 16.5 Å². The molecule has 0 aromatic carbocycles. The van der Waals surface area contributed by atoms with E-state index in [-0.39, 0.29) is 11.1 Å². The molecule has 0 bridgehead atoms. The number of aromatic nitrogens is 2. The molecule has 98 valence electrons. The van der Waals surface area contributed by atoms with Crippen LogP contribution in [-0.2, 0) is 0 Å². The van der Waals surface area contributed by atoms with Gasteiger partial charge in [-0.25, -0.2) is 4.79 Å². The van der Waals surface area contributed by atoms with Gasteiger partial charge in [0.05, 0.1) is 0 Å². The van der Waals surface area contributed by atoms with Gasteiger partial charge in [-0.05, 0) is 17.8 Å². The lowest BCUT2D eigenvalue weighted by atomic mass is 9.84. The van der Waals surface area contributed by atoms with Crippen molar-refractivity contribution in [3.8, 4) is 6.07 Å². The number of hydrogen-bond acceptors (Lipinski definition) is 4. The third-order valence-corrected chi connectivity index (χ3v) is 2.57. The van der Waals surface area contributed by atoms with Crippen LogP contribution in [0.2, 0.25) is 0 Å². The van der Waals surface area contributed by atoms with Crippen LogP contribution in [0.15, 0.2) is 10.9 Å². The fourth-order valence-electron chi connectivity index (χ4n) is 2.12. The first kappa shape index (κ1) is 14.2. The van der Waals surface area contributed by atoms with E-state index in [2.05, 4.69) is 43.0 Å². The number of hydrogen-bond donors (Lipinski definition) is 2. The molecule has 0 amide bonds. The molecule has 1 heterocycles. The van der Waals surface area contributed by atoms with Crippen LogP contribution in [0.25, 0.3) is 0 Å². The van der Waals surface area contributed by atoms with Gasteiger partial charge in [0.1, 0.15) is 17.6 Å². The second-order valence-electron chi connectivity index (χ2n) is 5.71. The molecule has 0 aliphatic carbocycles. The van der Waals surface area contributed by atoms with Crippen molar-refractivity contribution in [1.82, 2.24) is 9.97 Å². The average molecular weight is 248 g/mol. The molecular weight excluding hydrogens is 228 g/mol. The van der Waals surface area contributed by atoms with Crippen molar-refractivity contribution in [2.75, 3.05) is 11.9 Å². The molecule has 0 radical (unpaired) electrons. The highest BCUT2D eigenvalue weighted by Crippen LogP contribution is 2.25. The van der Waals surface area contributed by atoms with E-state index >= 15 is 0 Å². The highest BCUT2D eigenvalue weighted by atomic mass is 16.1. The Hall–Kier alpha value is -1.83. The van der Waals surface area contributed by atoms with Crippen LogP contribution < -0.4 is 11.0 Å². The maximum absolute atomic E-state index is 11.2. The van der Waals surface area contributed by atoms with Crippen LogP contribution in [0.4, 0.5) is 5.82 Å². The zero-order chi connectivity index (χ0) is 13.8. The Bertz CT molecular complexity index is 496. The average Bonchev–Trinajstić information content (AvgIpc) is 2.24. The first-order valence-corrected chi connectivity index (χ1v) is 6.08. The van der Waals surface area contributed by atoms with Gasteiger partial charge < -0.3 is 5.32 Å². The molecule has 5 nitrogen and oxygen atoms in total. The largest absolute Gasteiger partial charge is 0.369 e. The summed E-state index contributed by atoms with van der Waals surface area (Å²) in [5.41, 5.74) is -0.164. The zero-order valence-electron chi connectivity index (χ0n) is 11.4. The molecule has 0 aliphatic rings. The van der Waals surface area contributed by atoms with Gasteiger partial charge in [0.2, 0.25) is 0 Å². The van der Waals surface area contributed by atoms with Crippen molar-refractivity contribution in [3.63, 3.8) is 0 Å². The molecule has 0 saturated heterocycles. The number of nitrogens with zero attached hydrogens (tertiary/aromatic N) is 2. The monoisotopic (exact) mass is 248 g/mol. The molecule has 18 heavy (non-hydrogen) atoms. The predicted molar refractivity (Wildman–Crippen MR) is 71.3 cm³/mol. The minimum atomic E-state index is -0.502. The maximum atomic E-state index is 11.2. The summed E-state index contributed by atoms with van der Waals surface area (Å²) in [6.07, 6.45) is 1.08. The van der Waals surface area contributed by atoms with Gasteiger partial charge in [0, 0.05) is 12.6 Å². The number of nitriles is 1. The molecule has 0 aliphatic heterocycles. The minimum Gasteiger partial charge on any atom is -0.369 e. The zero-order valence-corrected chi connectivity index (χ0v) is 11.4. The lowest BCUT2D eigenvalue weighted by Crippen LogP contribution is -2.26. The molecular formula is C13H20N4O. The normalized spacial score (nSPS) is 11.3. The van der Waals surface area contributed by atoms with E-state index in [0.717, 1.165) is 6.42 Å². The quantitative estimate of drug-likeness (QED) is 0.836. The van der Waals surface area contributed by atoms with Crippen LogP contribution >= 0.6 is 0 Å². The Kier molecular flexibility index (Phi) is 4.49. The third kappa shape index (κ3) is 4.58. The van der Waals surface area contributed by atoms with Crippen LogP contribution in [0.5, 0.6) is 0 Å². The van der Waals surface area contributed by atoms with Gasteiger partial charge in [-0.1, -0.05) is 27.7 Å². The summed E-state index contributed by atoms with van der Waals surface area (Å²) < 4.78 is 0. The Labute approximate surface area is 107 Å². The predicted octanol–water partition coefficient (Wildman–Crippen LogP) is 2.13. The van der Waals surface area contributed by atoms with E-state index in [4.69, 9.17) is 5.26 Å². The summed E-state index contributed by atoms with van der Waals surface area (Å²) in [7, 11) is 0. The van der Waals surface area contributed by atoms with Gasteiger partial charge >= 0.3 is 5.69 Å². The maximum Gasteiger partial charge on any atom is 0.347 e. The van der Waals surface area contributed by atoms with E-state index in [1.807, 2.05) is 6.07 Å². The Balaban J connectivity index is 2.72. The highest BCUT2D eigenvalue weighted by Gasteiger charge is 2.19. The molecule has 1 aromatic heterocycles. The molecule has 0 atom stereocenters. The summed E-state index contributed by atoms with van der Waals surface area (Å²) in [4.78, 5) is 17.4. The number of aromatic amines is 1. The fourth-order valence-corrected chi connectivity index (χ4v) is 2.12. The summed E-state index contributed by atoms with van der Waals surface area (Å²) >= 11 is 0. The van der Waals surface area contributed by atoms with Gasteiger partial charge in [0.15, 0.2) is 0 Å². The van der Waals surface area contributed by atoms with Crippen LogP contribution in [0.3, 0.4) is 0 Å². The second-order valence-corrected chi connectivity index (χ2v) is 5.71. The third-order valence-electron chi connectivity index (χ3n) is 2.57. The smallest absolute Gasteiger partial charge is 0.347 e. The number of rotatable bonds is 5. The van der Waals surface area contributed by atoms with Crippen molar-refractivity contribution in [3.05, 3.63) is 22.2 Å². The molecule has 0 saturated carbocycles. The summed E-state index contributed by atoms with van der Waals surface area (Å²) in [6, 6.07) is 3.45. The SMILES string of the molecule is CC(C)CC(C)(C)CNc1cc(C#N)[nH]c(=O)n1. The first-order valence-electron chi connectivity index (χ1n) is 6.08. The lowest BCUT2D eigenvalue weighted by Gasteiger charge is -2.27. The molecule has 2 N–H and O–H groups in total. The number of anilines is 1. The van der Waals surface area contributed by atoms with E-state index in [1.165, 1.54) is 0 Å². The standard InChI is InChI=1S/C13H20N4O/c1-9(2)6-13(3,4)8-15-11-5-10(7-14)16-12(18)17-11/h5,9H,6,8H2,1-4H3,(H2,15,16,17,18). The van der Waals surface area contributed by atoms with Crippen molar-refractivity contribution in [1.29, 1.82) is 5.26 Å². The molecule has 5 heteroatoms. The fraction of sp³-hybridized carbons (Fsp3) is 0.615. The van der Waals surface area contributed by atoms with Gasteiger partial charge in [-0.15, -0.1) is 0 Å². The lowest BCUT2D eigenvalue weighted by molar-refractivity contribution is 0.306. The second kappa shape index (κ2) is 5.67. The van der Waals surface area contributed by atoms with Gasteiger partial charge in [0.25, 0.3) is 0 Å². The number of nitrogens with one attached hydrogen (secondary N) is 2. The van der Waals surface area contributed by atoms with Crippen molar-refractivity contribution in [2.45, 2.75) is 34.1 Å². The topological polar surface area (TPSA) is 81.6 Å². The van der Waals surface area contributed by atoms with Crippen LogP contribution in [0, 0.1) is 22.7 Å². The van der Waals surface area contributed by atoms with E-state index < -0.39 is 5.69 Å². The van der Waals surface area contributed by atoms with Crippen molar-refractivity contribution in [2.24, 2.45) is 11.3 Å². The first-order chi connectivity index (χ1) is 8.32. The molecule has 0 spiro atoms. The summed E-state index contributed by atoms with van der Waals surface area (Å²) in [5, 5.41) is 11.9. The molecule has 0 fully saturated rings. The molecule has 1 aromatic rings. The van der Waals surface area contributed by atoms with E-state index in [9.17, 15) is 4.79 Å². The highest BCUT2D eigenvalue weighted by molar-refractivity contribution is 5.38. The Morgan fingerprint density at radius 2 is 2.22 bits per heavy atom. The van der Waals surface area contributed by atoms with E-state index in [0.29, 0.717) is 18.3 Å². The van der Waals surface area contributed by atoms with Gasteiger partial charge in [-0.2, -0.15) is 10.2 Å². The molecule has 0 unspecified atom stereocenters. The molecule has 1 rings (SSSR count). The van der Waals surface area contributed by atoms with E-state index in [1.54, 1.807) is 6.07 Å². The Morgan fingerprint density at radius 1 is 1.56 bits per heavy atom. The van der Waals surface area contributed by atoms with Crippen molar-refractivity contribution < 1.29 is 0 Å². The van der Waals surface area contributed by atoms with Gasteiger partial charge in [-0.3, -0.25) is 4.98 Å². The Morgan fingerprint density at radius 3 is 2.78 bits per heavy atom. The summed E-state index contributed by atoms with van der Waals surface area (Å²) in [5.74, 6) is 1.07. The van der Waals surface area contributed by atoms with Crippen LogP contribution in [0.1, 0.15) is 39.8 Å². The summed E-state index contributed by atoms with van der Waals surface area (Å²) in [6.45, 7) is 9.41. The van der Waals surface area contributed by atoms with Crippen molar-refractivity contribution >= 4 is 5.82 Å². The number of H-pyrrole nitrogens is 1.